The third-order valence-corrected chi connectivity index (χ3v) is 4.44. The van der Waals surface area contributed by atoms with Crippen molar-refractivity contribution in [2.24, 2.45) is 4.99 Å². The Kier molecular flexibility index (Phi) is 4.65. The minimum absolute atomic E-state index is 1.08. The molecule has 0 bridgehead atoms. The maximum atomic E-state index is 4.80. The first-order valence-electron chi connectivity index (χ1n) is 6.62. The summed E-state index contributed by atoms with van der Waals surface area (Å²) >= 11 is 1.84. The zero-order valence-corrected chi connectivity index (χ0v) is 12.3. The standard InChI is InChI=1S/C16H21NS/c1-12-8-4-6-10-15(12)17-14(3)18-16-11-7-5-9-13(16)2/h4-5,8-9H,6-7,10-11H2,1-3H3/b17-14+. The monoisotopic (exact) mass is 259 g/mol. The van der Waals surface area contributed by atoms with Crippen LogP contribution in [0.1, 0.15) is 46.5 Å². The molecule has 0 aliphatic heterocycles. The van der Waals surface area contributed by atoms with Crippen LogP contribution in [0.4, 0.5) is 0 Å². The number of allylic oxidation sites excluding steroid dienone is 8. The molecule has 2 rings (SSSR count). The van der Waals surface area contributed by atoms with Crippen LogP contribution in [-0.2, 0) is 0 Å². The topological polar surface area (TPSA) is 12.4 Å². The van der Waals surface area contributed by atoms with E-state index in [9.17, 15) is 0 Å². The molecule has 0 aromatic carbocycles. The fourth-order valence-corrected chi connectivity index (χ4v) is 3.17. The molecule has 18 heavy (non-hydrogen) atoms. The van der Waals surface area contributed by atoms with Crippen LogP contribution in [0.5, 0.6) is 0 Å². The lowest BCUT2D eigenvalue weighted by Crippen LogP contribution is -1.96. The van der Waals surface area contributed by atoms with Gasteiger partial charge in [0.05, 0.1) is 5.04 Å². The maximum Gasteiger partial charge on any atom is 0.0748 e. The van der Waals surface area contributed by atoms with Gasteiger partial charge >= 0.3 is 0 Å². The largest absolute Gasteiger partial charge is 0.251 e. The summed E-state index contributed by atoms with van der Waals surface area (Å²) in [6.07, 6.45) is 13.4. The fourth-order valence-electron chi connectivity index (χ4n) is 2.20. The van der Waals surface area contributed by atoms with E-state index in [2.05, 4.69) is 45.1 Å². The van der Waals surface area contributed by atoms with Crippen LogP contribution in [0.2, 0.25) is 0 Å². The Bertz CT molecular complexity index is 475. The van der Waals surface area contributed by atoms with Crippen molar-refractivity contribution in [3.63, 3.8) is 0 Å². The average molecular weight is 259 g/mol. The van der Waals surface area contributed by atoms with Crippen molar-refractivity contribution in [3.8, 4) is 0 Å². The van der Waals surface area contributed by atoms with E-state index in [0.717, 1.165) is 25.7 Å². The van der Waals surface area contributed by atoms with E-state index < -0.39 is 0 Å². The fraction of sp³-hybridized carbons (Fsp3) is 0.438. The van der Waals surface area contributed by atoms with Crippen molar-refractivity contribution in [2.75, 3.05) is 0 Å². The van der Waals surface area contributed by atoms with Gasteiger partial charge in [-0.2, -0.15) is 0 Å². The SMILES string of the molecule is CC1=C(/N=C(\C)SC2=C(C)C=CCC2)CCC=C1. The summed E-state index contributed by atoms with van der Waals surface area (Å²) in [5, 5.41) is 1.17. The van der Waals surface area contributed by atoms with E-state index in [-0.39, 0.29) is 0 Å². The minimum Gasteiger partial charge on any atom is -0.251 e. The van der Waals surface area contributed by atoms with E-state index in [1.54, 1.807) is 0 Å². The van der Waals surface area contributed by atoms with Crippen LogP contribution in [0.25, 0.3) is 0 Å². The average Bonchev–Trinajstić information content (AvgIpc) is 2.35. The van der Waals surface area contributed by atoms with Crippen molar-refractivity contribution in [3.05, 3.63) is 46.1 Å². The van der Waals surface area contributed by atoms with Gasteiger partial charge in [-0.3, -0.25) is 4.99 Å². The molecule has 2 heteroatoms. The zero-order valence-electron chi connectivity index (χ0n) is 11.5. The van der Waals surface area contributed by atoms with Crippen LogP contribution in [0, 0.1) is 0 Å². The Labute approximate surface area is 114 Å². The molecule has 0 saturated heterocycles. The summed E-state index contributed by atoms with van der Waals surface area (Å²) in [5.41, 5.74) is 3.97. The number of rotatable bonds is 2. The van der Waals surface area contributed by atoms with Crippen molar-refractivity contribution in [1.82, 2.24) is 0 Å². The summed E-state index contributed by atoms with van der Waals surface area (Å²) < 4.78 is 0. The molecule has 0 saturated carbocycles. The van der Waals surface area contributed by atoms with Crippen LogP contribution in [0.3, 0.4) is 0 Å². The summed E-state index contributed by atoms with van der Waals surface area (Å²) in [5.74, 6) is 0. The first-order chi connectivity index (χ1) is 8.66. The maximum absolute atomic E-state index is 4.80. The molecule has 0 amide bonds. The predicted molar refractivity (Wildman–Crippen MR) is 82.8 cm³/mol. The van der Waals surface area contributed by atoms with E-state index in [4.69, 9.17) is 4.99 Å². The molecule has 0 heterocycles. The quantitative estimate of drug-likeness (QED) is 0.478. The minimum atomic E-state index is 1.08. The van der Waals surface area contributed by atoms with Gasteiger partial charge < -0.3 is 0 Å². The normalized spacial score (nSPS) is 20.9. The van der Waals surface area contributed by atoms with Crippen molar-refractivity contribution >= 4 is 16.8 Å². The van der Waals surface area contributed by atoms with Gasteiger partial charge in [-0.1, -0.05) is 36.1 Å². The molecule has 2 aliphatic carbocycles. The number of aliphatic imine (C=N–C) groups is 1. The highest BCUT2D eigenvalue weighted by Crippen LogP contribution is 2.31. The van der Waals surface area contributed by atoms with Gasteiger partial charge in [0.2, 0.25) is 0 Å². The number of hydrogen-bond acceptors (Lipinski definition) is 2. The van der Waals surface area contributed by atoms with E-state index in [1.165, 1.54) is 26.8 Å². The third-order valence-electron chi connectivity index (χ3n) is 3.28. The number of hydrogen-bond donors (Lipinski definition) is 0. The lowest BCUT2D eigenvalue weighted by molar-refractivity contribution is 0.923. The second-order valence-corrected chi connectivity index (χ2v) is 6.14. The molecule has 0 spiro atoms. The lowest BCUT2D eigenvalue weighted by atomic mass is 10.1. The predicted octanol–water partition coefficient (Wildman–Crippen LogP) is 5.39. The summed E-state index contributed by atoms with van der Waals surface area (Å²) in [4.78, 5) is 6.27. The molecule has 1 nitrogen and oxygen atoms in total. The smallest absolute Gasteiger partial charge is 0.0748 e. The van der Waals surface area contributed by atoms with Gasteiger partial charge in [-0.25, -0.2) is 0 Å². The van der Waals surface area contributed by atoms with Gasteiger partial charge in [-0.05, 0) is 62.5 Å². The molecule has 2 aliphatic rings. The summed E-state index contributed by atoms with van der Waals surface area (Å²) in [7, 11) is 0. The molecule has 0 unspecified atom stereocenters. The van der Waals surface area contributed by atoms with Gasteiger partial charge in [0.25, 0.3) is 0 Å². The molecule has 0 fully saturated rings. The van der Waals surface area contributed by atoms with Crippen molar-refractivity contribution < 1.29 is 0 Å². The number of thioether (sulfide) groups is 1. The Balaban J connectivity index is 2.10. The van der Waals surface area contributed by atoms with E-state index in [1.807, 2.05) is 11.8 Å². The third kappa shape index (κ3) is 3.49. The molecule has 0 N–H and O–H groups in total. The molecule has 96 valence electrons. The van der Waals surface area contributed by atoms with Gasteiger partial charge in [0.15, 0.2) is 0 Å². The zero-order chi connectivity index (χ0) is 13.0. The lowest BCUT2D eigenvalue weighted by Gasteiger charge is -2.14. The summed E-state index contributed by atoms with van der Waals surface area (Å²) in [6.45, 7) is 6.47. The first-order valence-corrected chi connectivity index (χ1v) is 7.44. The van der Waals surface area contributed by atoms with E-state index >= 15 is 0 Å². The Morgan fingerprint density at radius 3 is 2.39 bits per heavy atom. The van der Waals surface area contributed by atoms with Crippen LogP contribution < -0.4 is 0 Å². The Morgan fingerprint density at radius 1 is 1.06 bits per heavy atom. The van der Waals surface area contributed by atoms with Crippen LogP contribution in [-0.4, -0.2) is 5.04 Å². The molecule has 0 atom stereocenters. The van der Waals surface area contributed by atoms with Crippen LogP contribution in [0.15, 0.2) is 51.0 Å². The summed E-state index contributed by atoms with van der Waals surface area (Å²) in [6, 6.07) is 0. The molecule has 0 radical (unpaired) electrons. The Hall–Kier alpha value is -1.02. The second-order valence-electron chi connectivity index (χ2n) is 4.85. The number of nitrogens with zero attached hydrogens (tertiary/aromatic N) is 1. The molecule has 0 aromatic rings. The highest BCUT2D eigenvalue weighted by atomic mass is 32.2. The first kappa shape index (κ1) is 13.4. The highest BCUT2D eigenvalue weighted by molar-refractivity contribution is 8.17. The highest BCUT2D eigenvalue weighted by Gasteiger charge is 2.09. The van der Waals surface area contributed by atoms with E-state index in [0.29, 0.717) is 0 Å². The second kappa shape index (κ2) is 6.24. The molecular formula is C16H21NS. The van der Waals surface area contributed by atoms with Gasteiger partial charge in [0.1, 0.15) is 0 Å². The van der Waals surface area contributed by atoms with Gasteiger partial charge in [0, 0.05) is 5.70 Å². The Morgan fingerprint density at radius 2 is 1.72 bits per heavy atom. The van der Waals surface area contributed by atoms with Crippen molar-refractivity contribution in [2.45, 2.75) is 46.5 Å². The molecular weight excluding hydrogens is 238 g/mol. The van der Waals surface area contributed by atoms with Gasteiger partial charge in [-0.15, -0.1) is 0 Å². The molecule has 0 aromatic heterocycles. The van der Waals surface area contributed by atoms with Crippen LogP contribution >= 0.6 is 11.8 Å². The van der Waals surface area contributed by atoms with Crippen molar-refractivity contribution in [1.29, 1.82) is 0 Å².